The minimum Gasteiger partial charge on any atom is -0.368 e. The van der Waals surface area contributed by atoms with Gasteiger partial charge in [-0.15, -0.1) is 0 Å². The lowest BCUT2D eigenvalue weighted by Gasteiger charge is -2.30. The van der Waals surface area contributed by atoms with Crippen LogP contribution >= 0.6 is 0 Å². The fourth-order valence-electron chi connectivity index (χ4n) is 1.36. The molecule has 60 valence electrons. The molecule has 0 bridgehead atoms. The second kappa shape index (κ2) is 3.32. The Hall–Kier alpha value is -0.120. The first kappa shape index (κ1) is 7.98. The zero-order chi connectivity index (χ0) is 7.56. The highest BCUT2D eigenvalue weighted by Crippen LogP contribution is 2.16. The van der Waals surface area contributed by atoms with Crippen molar-refractivity contribution < 1.29 is 9.84 Å². The molecule has 1 rings (SSSR count). The summed E-state index contributed by atoms with van der Waals surface area (Å²) in [6.07, 6.45) is 1.32. The van der Waals surface area contributed by atoms with Crippen LogP contribution in [0.1, 0.15) is 19.8 Å². The van der Waals surface area contributed by atoms with Crippen molar-refractivity contribution in [2.24, 2.45) is 0 Å². The zero-order valence-corrected chi connectivity index (χ0v) is 6.50. The van der Waals surface area contributed by atoms with E-state index in [1.165, 1.54) is 0 Å². The van der Waals surface area contributed by atoms with Crippen molar-refractivity contribution in [2.75, 3.05) is 7.05 Å². The fraction of sp³-hybridized carbons (Fsp3) is 1.00. The van der Waals surface area contributed by atoms with Gasteiger partial charge in [-0.05, 0) is 20.4 Å². The van der Waals surface area contributed by atoms with Gasteiger partial charge < -0.3 is 15.2 Å². The van der Waals surface area contributed by atoms with Crippen molar-refractivity contribution in [1.29, 1.82) is 0 Å². The number of hydrogen-bond donors (Lipinski definition) is 2. The molecule has 1 unspecified atom stereocenters. The van der Waals surface area contributed by atoms with E-state index in [4.69, 9.17) is 9.84 Å². The van der Waals surface area contributed by atoms with E-state index in [0.29, 0.717) is 12.5 Å². The van der Waals surface area contributed by atoms with Crippen molar-refractivity contribution in [3.05, 3.63) is 0 Å². The van der Waals surface area contributed by atoms with Crippen molar-refractivity contribution in [3.63, 3.8) is 0 Å². The van der Waals surface area contributed by atoms with Crippen LogP contribution in [0.2, 0.25) is 0 Å². The molecule has 1 aliphatic heterocycles. The molecular weight excluding hydrogens is 130 g/mol. The fourth-order valence-corrected chi connectivity index (χ4v) is 1.36. The molecule has 0 amide bonds. The Bertz CT molecular complexity index is 97.8. The summed E-state index contributed by atoms with van der Waals surface area (Å²) in [5.41, 5.74) is 0. The molecule has 3 nitrogen and oxygen atoms in total. The maximum Gasteiger partial charge on any atom is 0.156 e. The summed E-state index contributed by atoms with van der Waals surface area (Å²) in [5.74, 6) is 0. The lowest BCUT2D eigenvalue weighted by atomic mass is 10.0. The van der Waals surface area contributed by atoms with Gasteiger partial charge >= 0.3 is 0 Å². The van der Waals surface area contributed by atoms with Gasteiger partial charge in [0.2, 0.25) is 0 Å². The first-order chi connectivity index (χ1) is 4.72. The molecule has 1 aliphatic rings. The molecule has 0 aliphatic carbocycles. The number of rotatable bonds is 1. The highest BCUT2D eigenvalue weighted by molar-refractivity contribution is 4.74. The van der Waals surface area contributed by atoms with Crippen LogP contribution in [0.3, 0.4) is 0 Å². The Labute approximate surface area is 61.4 Å². The first-order valence-corrected chi connectivity index (χ1v) is 3.73. The summed E-state index contributed by atoms with van der Waals surface area (Å²) >= 11 is 0. The van der Waals surface area contributed by atoms with Crippen LogP contribution in [0.25, 0.3) is 0 Å². The maximum atomic E-state index is 9.12. The molecule has 0 aromatic heterocycles. The molecule has 3 heteroatoms. The monoisotopic (exact) mass is 145 g/mol. The molecule has 1 heterocycles. The SMILES string of the molecule is CN[C@@H]1CC(O)O[C@H](C)C1. The third-order valence-electron chi connectivity index (χ3n) is 1.90. The van der Waals surface area contributed by atoms with E-state index in [1.807, 2.05) is 14.0 Å². The van der Waals surface area contributed by atoms with Crippen LogP contribution in [-0.4, -0.2) is 30.6 Å². The van der Waals surface area contributed by atoms with Gasteiger partial charge in [-0.2, -0.15) is 0 Å². The third kappa shape index (κ3) is 1.94. The number of aliphatic hydroxyl groups excluding tert-OH is 1. The Morgan fingerprint density at radius 2 is 2.20 bits per heavy atom. The van der Waals surface area contributed by atoms with E-state index in [0.717, 1.165) is 6.42 Å². The summed E-state index contributed by atoms with van der Waals surface area (Å²) in [7, 11) is 1.91. The summed E-state index contributed by atoms with van der Waals surface area (Å²) in [5, 5.41) is 12.2. The minimum absolute atomic E-state index is 0.182. The lowest BCUT2D eigenvalue weighted by Crippen LogP contribution is -2.40. The molecular formula is C7H15NO2. The highest BCUT2D eigenvalue weighted by Gasteiger charge is 2.23. The van der Waals surface area contributed by atoms with E-state index < -0.39 is 6.29 Å². The quantitative estimate of drug-likeness (QED) is 0.549. The number of ether oxygens (including phenoxy) is 1. The van der Waals surface area contributed by atoms with Crippen molar-refractivity contribution >= 4 is 0 Å². The molecule has 0 aromatic rings. The summed E-state index contributed by atoms with van der Waals surface area (Å²) in [6, 6.07) is 0.416. The van der Waals surface area contributed by atoms with E-state index in [-0.39, 0.29) is 6.10 Å². The van der Waals surface area contributed by atoms with Crippen LogP contribution in [-0.2, 0) is 4.74 Å². The van der Waals surface area contributed by atoms with Crippen molar-refractivity contribution in [1.82, 2.24) is 5.32 Å². The van der Waals surface area contributed by atoms with Gasteiger partial charge in [0.25, 0.3) is 0 Å². The molecule has 1 fully saturated rings. The molecule has 0 aromatic carbocycles. The number of nitrogens with one attached hydrogen (secondary N) is 1. The normalized spacial score (nSPS) is 41.7. The second-order valence-corrected chi connectivity index (χ2v) is 2.86. The van der Waals surface area contributed by atoms with Gasteiger partial charge in [0.1, 0.15) is 0 Å². The zero-order valence-electron chi connectivity index (χ0n) is 6.50. The van der Waals surface area contributed by atoms with Crippen LogP contribution in [0.4, 0.5) is 0 Å². The topological polar surface area (TPSA) is 41.5 Å². The Morgan fingerprint density at radius 3 is 2.70 bits per heavy atom. The summed E-state index contributed by atoms with van der Waals surface area (Å²) in [4.78, 5) is 0. The van der Waals surface area contributed by atoms with Gasteiger partial charge in [0.15, 0.2) is 6.29 Å². The summed E-state index contributed by atoms with van der Waals surface area (Å²) in [6.45, 7) is 1.98. The lowest BCUT2D eigenvalue weighted by molar-refractivity contribution is -0.163. The molecule has 0 saturated carbocycles. The summed E-state index contributed by atoms with van der Waals surface area (Å²) < 4.78 is 5.13. The first-order valence-electron chi connectivity index (χ1n) is 3.73. The van der Waals surface area contributed by atoms with Crippen LogP contribution < -0.4 is 5.32 Å². The van der Waals surface area contributed by atoms with Crippen LogP contribution in [0, 0.1) is 0 Å². The Kier molecular flexibility index (Phi) is 2.65. The molecule has 3 atom stereocenters. The van der Waals surface area contributed by atoms with Crippen molar-refractivity contribution in [3.8, 4) is 0 Å². The van der Waals surface area contributed by atoms with E-state index >= 15 is 0 Å². The highest BCUT2D eigenvalue weighted by atomic mass is 16.6. The minimum atomic E-state index is -0.568. The largest absolute Gasteiger partial charge is 0.368 e. The average Bonchev–Trinajstić information content (AvgIpc) is 1.85. The Morgan fingerprint density at radius 1 is 1.50 bits per heavy atom. The van der Waals surface area contributed by atoms with Crippen molar-refractivity contribution in [2.45, 2.75) is 38.2 Å². The predicted molar refractivity (Wildman–Crippen MR) is 38.6 cm³/mol. The van der Waals surface area contributed by atoms with E-state index in [1.54, 1.807) is 0 Å². The molecule has 0 radical (unpaired) electrons. The molecule has 0 spiro atoms. The molecule has 1 saturated heterocycles. The van der Waals surface area contributed by atoms with Crippen LogP contribution in [0.15, 0.2) is 0 Å². The van der Waals surface area contributed by atoms with Gasteiger partial charge in [-0.3, -0.25) is 0 Å². The second-order valence-electron chi connectivity index (χ2n) is 2.86. The predicted octanol–water partition coefficient (Wildman–Crippen LogP) is 0.0917. The Balaban J connectivity index is 2.35. The standard InChI is InChI=1S/C7H15NO2/c1-5-3-6(8-2)4-7(9)10-5/h5-9H,3-4H2,1-2H3/t5-,6+,7?/m1/s1. The maximum absolute atomic E-state index is 9.12. The molecule has 2 N–H and O–H groups in total. The molecule has 10 heavy (non-hydrogen) atoms. The smallest absolute Gasteiger partial charge is 0.156 e. The average molecular weight is 145 g/mol. The van der Waals surface area contributed by atoms with Gasteiger partial charge in [-0.1, -0.05) is 0 Å². The number of hydrogen-bond acceptors (Lipinski definition) is 3. The van der Waals surface area contributed by atoms with Gasteiger partial charge in [0.05, 0.1) is 6.10 Å². The van der Waals surface area contributed by atoms with Gasteiger partial charge in [0, 0.05) is 12.5 Å². The van der Waals surface area contributed by atoms with Gasteiger partial charge in [-0.25, -0.2) is 0 Å². The third-order valence-corrected chi connectivity index (χ3v) is 1.90. The van der Waals surface area contributed by atoms with E-state index in [2.05, 4.69) is 5.32 Å². The number of aliphatic hydroxyl groups is 1. The van der Waals surface area contributed by atoms with Crippen LogP contribution in [0.5, 0.6) is 0 Å². The van der Waals surface area contributed by atoms with E-state index in [9.17, 15) is 0 Å².